The summed E-state index contributed by atoms with van der Waals surface area (Å²) in [6, 6.07) is 18.1. The predicted octanol–water partition coefficient (Wildman–Crippen LogP) is 4.77. The van der Waals surface area contributed by atoms with Gasteiger partial charge in [0, 0.05) is 11.3 Å². The maximum atomic E-state index is 13.1. The van der Waals surface area contributed by atoms with E-state index in [0.717, 1.165) is 16.9 Å². The molecule has 0 saturated carbocycles. The number of ketones is 1. The molecule has 0 atom stereocenters. The summed E-state index contributed by atoms with van der Waals surface area (Å²) in [5.41, 5.74) is 3.54. The van der Waals surface area contributed by atoms with Crippen molar-refractivity contribution in [3.05, 3.63) is 89.0 Å². The van der Waals surface area contributed by atoms with E-state index < -0.39 is 0 Å². The summed E-state index contributed by atoms with van der Waals surface area (Å²) in [6.07, 6.45) is 3.29. The molecule has 3 aromatic rings. The Labute approximate surface area is 186 Å². The Bertz CT molecular complexity index is 1180. The number of ether oxygens (including phenoxy) is 3. The van der Waals surface area contributed by atoms with Crippen molar-refractivity contribution in [2.75, 3.05) is 26.2 Å². The van der Waals surface area contributed by atoms with Crippen LogP contribution in [0, 0.1) is 0 Å². The number of carbonyl (C=O) groups excluding carboxylic acids is 2. The van der Waals surface area contributed by atoms with Crippen molar-refractivity contribution in [3.63, 3.8) is 0 Å². The van der Waals surface area contributed by atoms with E-state index in [1.807, 2.05) is 30.3 Å². The topological polar surface area (TPSA) is 65.1 Å². The number of methoxy groups -OCH3 is 3. The summed E-state index contributed by atoms with van der Waals surface area (Å²) in [4.78, 5) is 27.3. The number of rotatable bonds is 7. The van der Waals surface area contributed by atoms with Crippen LogP contribution < -0.4 is 19.1 Å². The molecule has 0 radical (unpaired) electrons. The Balaban J connectivity index is 1.50. The third kappa shape index (κ3) is 3.95. The highest BCUT2D eigenvalue weighted by atomic mass is 16.5. The van der Waals surface area contributed by atoms with Crippen molar-refractivity contribution in [2.24, 2.45) is 0 Å². The number of carbonyl (C=O) groups is 2. The second-order valence-corrected chi connectivity index (χ2v) is 7.24. The highest BCUT2D eigenvalue weighted by molar-refractivity contribution is 6.12. The Morgan fingerprint density at radius 3 is 2.22 bits per heavy atom. The summed E-state index contributed by atoms with van der Waals surface area (Å²) >= 11 is 0. The van der Waals surface area contributed by atoms with Crippen LogP contribution in [0.5, 0.6) is 17.2 Å². The zero-order valence-electron chi connectivity index (χ0n) is 18.1. The van der Waals surface area contributed by atoms with Gasteiger partial charge >= 0.3 is 0 Å². The van der Waals surface area contributed by atoms with Crippen LogP contribution in [0.4, 0.5) is 5.69 Å². The molecule has 162 valence electrons. The molecule has 0 bridgehead atoms. The predicted molar refractivity (Wildman–Crippen MR) is 123 cm³/mol. The van der Waals surface area contributed by atoms with E-state index in [9.17, 15) is 9.59 Å². The second kappa shape index (κ2) is 8.98. The minimum absolute atomic E-state index is 0.116. The lowest BCUT2D eigenvalue weighted by atomic mass is 10.1. The first-order valence-corrected chi connectivity index (χ1v) is 10.1. The van der Waals surface area contributed by atoms with Crippen LogP contribution in [0.25, 0.3) is 6.08 Å². The van der Waals surface area contributed by atoms with Gasteiger partial charge in [-0.05, 0) is 59.7 Å². The van der Waals surface area contributed by atoms with Crippen molar-refractivity contribution < 1.29 is 23.8 Å². The number of amides is 1. The van der Waals surface area contributed by atoms with Crippen LogP contribution in [0.3, 0.4) is 0 Å². The number of benzene rings is 3. The average molecular weight is 429 g/mol. The second-order valence-electron chi connectivity index (χ2n) is 7.24. The van der Waals surface area contributed by atoms with Crippen LogP contribution in [0.15, 0.2) is 66.7 Å². The average Bonchev–Trinajstić information content (AvgIpc) is 3.18. The van der Waals surface area contributed by atoms with Crippen LogP contribution >= 0.6 is 0 Å². The zero-order valence-corrected chi connectivity index (χ0v) is 18.1. The van der Waals surface area contributed by atoms with Gasteiger partial charge < -0.3 is 19.1 Å². The molecule has 1 aliphatic heterocycles. The molecule has 0 spiro atoms. The summed E-state index contributed by atoms with van der Waals surface area (Å²) < 4.78 is 15.9. The molecule has 0 saturated heterocycles. The molecule has 1 amide bonds. The highest BCUT2D eigenvalue weighted by Crippen LogP contribution is 2.39. The van der Waals surface area contributed by atoms with E-state index in [4.69, 9.17) is 14.2 Å². The summed E-state index contributed by atoms with van der Waals surface area (Å²) in [5.74, 6) is 1.45. The van der Waals surface area contributed by atoms with Gasteiger partial charge in [0.05, 0.1) is 33.4 Å². The van der Waals surface area contributed by atoms with E-state index in [2.05, 4.69) is 0 Å². The third-order valence-corrected chi connectivity index (χ3v) is 5.43. The highest BCUT2D eigenvalue weighted by Gasteiger charge is 2.33. The fourth-order valence-electron chi connectivity index (χ4n) is 3.71. The van der Waals surface area contributed by atoms with Crippen LogP contribution in [-0.2, 0) is 6.54 Å². The summed E-state index contributed by atoms with van der Waals surface area (Å²) in [5, 5.41) is 0. The lowest BCUT2D eigenvalue weighted by Gasteiger charge is -2.16. The van der Waals surface area contributed by atoms with Gasteiger partial charge in [-0.25, -0.2) is 0 Å². The fraction of sp³-hybridized carbons (Fsp3) is 0.154. The molecule has 0 aromatic heterocycles. The van der Waals surface area contributed by atoms with Gasteiger partial charge in [0.15, 0.2) is 17.3 Å². The molecule has 0 fully saturated rings. The van der Waals surface area contributed by atoms with E-state index >= 15 is 0 Å². The van der Waals surface area contributed by atoms with Gasteiger partial charge in [-0.2, -0.15) is 0 Å². The first-order chi connectivity index (χ1) is 15.5. The molecule has 1 aliphatic rings. The van der Waals surface area contributed by atoms with Crippen molar-refractivity contribution in [3.8, 4) is 17.2 Å². The lowest BCUT2D eigenvalue weighted by molar-refractivity contribution is 0.0992. The van der Waals surface area contributed by atoms with Crippen molar-refractivity contribution in [1.29, 1.82) is 0 Å². The Hall–Kier alpha value is -4.06. The minimum Gasteiger partial charge on any atom is -0.497 e. The van der Waals surface area contributed by atoms with Gasteiger partial charge in [0.2, 0.25) is 0 Å². The van der Waals surface area contributed by atoms with E-state index in [0.29, 0.717) is 34.9 Å². The van der Waals surface area contributed by atoms with E-state index in [1.165, 1.54) is 13.2 Å². The molecule has 6 heteroatoms. The lowest BCUT2D eigenvalue weighted by Crippen LogP contribution is -2.23. The summed E-state index contributed by atoms with van der Waals surface area (Å²) in [6.45, 7) is 0.430. The van der Waals surface area contributed by atoms with Crippen molar-refractivity contribution >= 4 is 23.5 Å². The first kappa shape index (κ1) is 21.2. The Morgan fingerprint density at radius 2 is 1.59 bits per heavy atom. The number of nitrogens with zero attached hydrogens (tertiary/aromatic N) is 1. The van der Waals surface area contributed by atoms with Crippen molar-refractivity contribution in [1.82, 2.24) is 0 Å². The van der Waals surface area contributed by atoms with Crippen LogP contribution in [0.2, 0.25) is 0 Å². The normalized spacial score (nSPS) is 12.7. The number of hydrogen-bond acceptors (Lipinski definition) is 5. The first-order valence-electron chi connectivity index (χ1n) is 10.1. The third-order valence-electron chi connectivity index (χ3n) is 5.43. The molecule has 3 aromatic carbocycles. The molecule has 32 heavy (non-hydrogen) atoms. The fourth-order valence-corrected chi connectivity index (χ4v) is 3.71. The molecular weight excluding hydrogens is 406 g/mol. The Morgan fingerprint density at radius 1 is 0.875 bits per heavy atom. The number of fused-ring (bicyclic) bond motifs is 1. The standard InChI is InChI=1S/C26H23NO5/c1-30-21-12-4-17(5-13-21)6-14-22(28)18-7-10-20(11-8-18)27-16-19-9-15-23(31-2)25(32-3)24(19)26(27)29/h4-15H,16H2,1-3H3. The van der Waals surface area contributed by atoms with Crippen LogP contribution in [0.1, 0.15) is 31.8 Å². The quantitative estimate of drug-likeness (QED) is 0.400. The minimum atomic E-state index is -0.158. The molecule has 0 aliphatic carbocycles. The number of hydrogen-bond donors (Lipinski definition) is 0. The van der Waals surface area contributed by atoms with E-state index in [-0.39, 0.29) is 11.7 Å². The van der Waals surface area contributed by atoms with Gasteiger partial charge in [0.1, 0.15) is 5.75 Å². The van der Waals surface area contributed by atoms with Gasteiger partial charge in [0.25, 0.3) is 5.91 Å². The zero-order chi connectivity index (χ0) is 22.7. The largest absolute Gasteiger partial charge is 0.497 e. The van der Waals surface area contributed by atoms with Gasteiger partial charge in [-0.3, -0.25) is 9.59 Å². The van der Waals surface area contributed by atoms with Crippen LogP contribution in [-0.4, -0.2) is 33.0 Å². The SMILES string of the molecule is COc1ccc(C=CC(=O)c2ccc(N3Cc4ccc(OC)c(OC)c4C3=O)cc2)cc1. The molecule has 0 unspecified atom stereocenters. The summed E-state index contributed by atoms with van der Waals surface area (Å²) in [7, 11) is 4.67. The molecule has 6 nitrogen and oxygen atoms in total. The Kier molecular flexibility index (Phi) is 5.94. The molecule has 0 N–H and O–H groups in total. The number of anilines is 1. The van der Waals surface area contributed by atoms with E-state index in [1.54, 1.807) is 55.5 Å². The smallest absolute Gasteiger partial charge is 0.262 e. The molecular formula is C26H23NO5. The number of allylic oxidation sites excluding steroid dienone is 1. The van der Waals surface area contributed by atoms with Crippen molar-refractivity contribution in [2.45, 2.75) is 6.54 Å². The molecule has 4 rings (SSSR count). The maximum absolute atomic E-state index is 13.1. The molecule has 1 heterocycles. The van der Waals surface area contributed by atoms with Gasteiger partial charge in [-0.15, -0.1) is 0 Å². The van der Waals surface area contributed by atoms with Gasteiger partial charge in [-0.1, -0.05) is 24.3 Å². The monoisotopic (exact) mass is 429 g/mol. The maximum Gasteiger partial charge on any atom is 0.262 e.